The maximum atomic E-state index is 6.26. The van der Waals surface area contributed by atoms with Gasteiger partial charge >= 0.3 is 0 Å². The molecule has 0 saturated heterocycles. The molecule has 1 nitrogen and oxygen atoms in total. The molecule has 0 saturated carbocycles. The number of hydrogen-bond donors (Lipinski definition) is 0. The molecule has 0 aliphatic carbocycles. The van der Waals surface area contributed by atoms with Crippen molar-refractivity contribution in [1.29, 1.82) is 0 Å². The van der Waals surface area contributed by atoms with Gasteiger partial charge in [0, 0.05) is 3.57 Å². The van der Waals surface area contributed by atoms with E-state index in [4.69, 9.17) is 4.43 Å². The van der Waals surface area contributed by atoms with E-state index >= 15 is 0 Å². The minimum atomic E-state index is -1.48. The summed E-state index contributed by atoms with van der Waals surface area (Å²) in [5.74, 6) is 1.05. The normalized spacial score (nSPS) is 11.5. The van der Waals surface area contributed by atoms with Gasteiger partial charge in [-0.15, -0.1) is 0 Å². The Bertz CT molecular complexity index is 302. The van der Waals surface area contributed by atoms with Gasteiger partial charge in [0.05, 0.1) is 0 Å². The van der Waals surface area contributed by atoms with Crippen LogP contribution in [0.3, 0.4) is 0 Å². The van der Waals surface area contributed by atoms with Gasteiger partial charge in [-0.05, 0) is 58.9 Å². The first kappa shape index (κ1) is 13.0. The monoisotopic (exact) mass is 334 g/mol. The topological polar surface area (TPSA) is 9.23 Å². The molecule has 0 bridgehead atoms. The molecule has 1 aromatic carbocycles. The van der Waals surface area contributed by atoms with Gasteiger partial charge in [0.15, 0.2) is 0 Å². The van der Waals surface area contributed by atoms with Crippen LogP contribution < -0.4 is 4.43 Å². The quantitative estimate of drug-likeness (QED) is 0.561. The van der Waals surface area contributed by atoms with E-state index in [2.05, 4.69) is 67.6 Å². The molecular weight excluding hydrogens is 315 g/mol. The molecule has 0 N–H and O–H groups in total. The average Bonchev–Trinajstić information content (AvgIpc) is 2.26. The van der Waals surface area contributed by atoms with E-state index in [-0.39, 0.29) is 0 Å². The first-order chi connectivity index (χ1) is 7.15. The molecule has 15 heavy (non-hydrogen) atoms. The zero-order chi connectivity index (χ0) is 11.3. The second-order valence-electron chi connectivity index (χ2n) is 3.80. The fraction of sp³-hybridized carbons (Fsp3) is 0.500. The van der Waals surface area contributed by atoms with Crippen molar-refractivity contribution >= 4 is 30.9 Å². The van der Waals surface area contributed by atoms with Gasteiger partial charge in [-0.3, -0.25) is 0 Å². The van der Waals surface area contributed by atoms with Crippen LogP contribution in [0.2, 0.25) is 18.1 Å². The van der Waals surface area contributed by atoms with Crippen LogP contribution in [0.15, 0.2) is 24.3 Å². The van der Waals surface area contributed by atoms with Gasteiger partial charge in [0.25, 0.3) is 0 Å². The van der Waals surface area contributed by atoms with Crippen LogP contribution in [0, 0.1) is 3.57 Å². The molecule has 0 spiro atoms. The fourth-order valence-electron chi connectivity index (χ4n) is 1.75. The molecule has 1 rings (SSSR count). The molecular formula is C12H19IOSi. The van der Waals surface area contributed by atoms with E-state index in [1.807, 2.05) is 0 Å². The van der Waals surface area contributed by atoms with E-state index in [0.717, 1.165) is 5.75 Å². The van der Waals surface area contributed by atoms with Crippen LogP contribution in [0.25, 0.3) is 0 Å². The summed E-state index contributed by atoms with van der Waals surface area (Å²) >= 11 is 2.33. The maximum absolute atomic E-state index is 6.26. The van der Waals surface area contributed by atoms with Crippen LogP contribution in [0.1, 0.15) is 20.8 Å². The van der Waals surface area contributed by atoms with E-state index in [9.17, 15) is 0 Å². The Labute approximate surface area is 108 Å². The van der Waals surface area contributed by atoms with Gasteiger partial charge in [0.1, 0.15) is 5.75 Å². The second kappa shape index (κ2) is 5.89. The Kier molecular flexibility index (Phi) is 5.12. The van der Waals surface area contributed by atoms with Crippen molar-refractivity contribution in [1.82, 2.24) is 0 Å². The van der Waals surface area contributed by atoms with Crippen molar-refractivity contribution in [2.45, 2.75) is 38.9 Å². The summed E-state index contributed by atoms with van der Waals surface area (Å²) in [4.78, 5) is 0. The van der Waals surface area contributed by atoms with E-state index in [0.29, 0.717) is 0 Å². The lowest BCUT2D eigenvalue weighted by Gasteiger charge is -2.28. The highest BCUT2D eigenvalue weighted by atomic mass is 127. The number of rotatable bonds is 5. The molecule has 84 valence electrons. The summed E-state index contributed by atoms with van der Waals surface area (Å²) in [7, 11) is -1.48. The van der Waals surface area contributed by atoms with Gasteiger partial charge in [-0.25, -0.2) is 0 Å². The van der Waals surface area contributed by atoms with Gasteiger partial charge in [-0.1, -0.05) is 26.8 Å². The molecule has 0 aliphatic heterocycles. The largest absolute Gasteiger partial charge is 0.543 e. The van der Waals surface area contributed by atoms with Crippen molar-refractivity contribution in [3.8, 4) is 5.75 Å². The molecule has 3 heteroatoms. The highest BCUT2D eigenvalue weighted by molar-refractivity contribution is 14.1. The molecule has 0 aliphatic rings. The SMILES string of the molecule is CC[Si](CC)(CC)Oc1cccc(I)c1. The van der Waals surface area contributed by atoms with E-state index < -0.39 is 8.32 Å². The molecule has 0 radical (unpaired) electrons. The van der Waals surface area contributed by atoms with Crippen LogP contribution in [-0.4, -0.2) is 8.32 Å². The molecule has 0 unspecified atom stereocenters. The number of halogens is 1. The van der Waals surface area contributed by atoms with Crippen LogP contribution >= 0.6 is 22.6 Å². The summed E-state index contributed by atoms with van der Waals surface area (Å²) in [5.41, 5.74) is 0. The van der Waals surface area contributed by atoms with Crippen molar-refractivity contribution in [3.05, 3.63) is 27.8 Å². The average molecular weight is 334 g/mol. The Hall–Kier alpha value is -0.0331. The van der Waals surface area contributed by atoms with Crippen LogP contribution in [-0.2, 0) is 0 Å². The molecule has 0 fully saturated rings. The Morgan fingerprint density at radius 3 is 2.20 bits per heavy atom. The maximum Gasteiger partial charge on any atom is 0.250 e. The molecule has 1 aromatic rings. The predicted octanol–water partition coefficient (Wildman–Crippen LogP) is 4.68. The lowest BCUT2D eigenvalue weighted by Crippen LogP contribution is -2.39. The molecule has 0 aromatic heterocycles. The highest BCUT2D eigenvalue weighted by Crippen LogP contribution is 2.26. The number of benzene rings is 1. The summed E-state index contributed by atoms with van der Waals surface area (Å²) < 4.78 is 7.51. The summed E-state index contributed by atoms with van der Waals surface area (Å²) in [6.45, 7) is 6.77. The van der Waals surface area contributed by atoms with Gasteiger partial charge in [-0.2, -0.15) is 0 Å². The Morgan fingerprint density at radius 2 is 1.73 bits per heavy atom. The molecule has 0 amide bonds. The zero-order valence-corrected chi connectivity index (χ0v) is 12.9. The first-order valence-corrected chi connectivity index (χ1v) is 9.21. The fourth-order valence-corrected chi connectivity index (χ4v) is 4.82. The third kappa shape index (κ3) is 3.48. The molecule has 0 atom stereocenters. The van der Waals surface area contributed by atoms with Crippen molar-refractivity contribution in [2.24, 2.45) is 0 Å². The standard InChI is InChI=1S/C12H19IOSi/c1-4-15(5-2,6-3)14-12-9-7-8-11(13)10-12/h7-10H,4-6H2,1-3H3. The lowest BCUT2D eigenvalue weighted by molar-refractivity contribution is 0.531. The van der Waals surface area contributed by atoms with Crippen molar-refractivity contribution < 1.29 is 4.43 Å². The summed E-state index contributed by atoms with van der Waals surface area (Å²) in [6, 6.07) is 12.0. The van der Waals surface area contributed by atoms with Gasteiger partial charge in [0.2, 0.25) is 8.32 Å². The second-order valence-corrected chi connectivity index (χ2v) is 9.74. The third-order valence-corrected chi connectivity index (χ3v) is 8.27. The van der Waals surface area contributed by atoms with Crippen molar-refractivity contribution in [3.63, 3.8) is 0 Å². The minimum absolute atomic E-state index is 1.05. The van der Waals surface area contributed by atoms with Gasteiger partial charge < -0.3 is 4.43 Å². The minimum Gasteiger partial charge on any atom is -0.543 e. The Morgan fingerprint density at radius 1 is 1.13 bits per heavy atom. The lowest BCUT2D eigenvalue weighted by atomic mass is 10.3. The van der Waals surface area contributed by atoms with Crippen LogP contribution in [0.5, 0.6) is 5.75 Å². The molecule has 0 heterocycles. The van der Waals surface area contributed by atoms with E-state index in [1.54, 1.807) is 0 Å². The van der Waals surface area contributed by atoms with E-state index in [1.165, 1.54) is 21.7 Å². The van der Waals surface area contributed by atoms with Crippen molar-refractivity contribution in [2.75, 3.05) is 0 Å². The van der Waals surface area contributed by atoms with Crippen LogP contribution in [0.4, 0.5) is 0 Å². The Balaban J connectivity index is 2.82. The summed E-state index contributed by atoms with van der Waals surface area (Å²) in [6.07, 6.45) is 0. The number of hydrogen-bond acceptors (Lipinski definition) is 1. The predicted molar refractivity (Wildman–Crippen MR) is 77.0 cm³/mol. The zero-order valence-electron chi connectivity index (χ0n) is 9.72. The smallest absolute Gasteiger partial charge is 0.250 e. The highest BCUT2D eigenvalue weighted by Gasteiger charge is 2.30. The summed E-state index contributed by atoms with van der Waals surface area (Å²) in [5, 5.41) is 0. The third-order valence-electron chi connectivity index (χ3n) is 3.06. The first-order valence-electron chi connectivity index (χ1n) is 5.60.